The molecule has 1 unspecified atom stereocenters. The second-order valence-corrected chi connectivity index (χ2v) is 8.24. The average molecular weight is 441 g/mol. The molecule has 0 N–H and O–H groups in total. The molecule has 152 valence electrons. The van der Waals surface area contributed by atoms with Crippen LogP contribution < -0.4 is 9.75 Å². The number of nitrogens with zero attached hydrogens (tertiary/aromatic N) is 5. The summed E-state index contributed by atoms with van der Waals surface area (Å²) in [5.74, 6) is 0.774. The van der Waals surface area contributed by atoms with Gasteiger partial charge in [0.05, 0.1) is 30.3 Å². The van der Waals surface area contributed by atoms with E-state index in [1.807, 2.05) is 37.1 Å². The zero-order chi connectivity index (χ0) is 20.6. The number of hydrogen-bond donors (Lipinski definition) is 0. The van der Waals surface area contributed by atoms with Crippen molar-refractivity contribution in [2.45, 2.75) is 31.9 Å². The largest absolute Gasteiger partial charge is 0.489 e. The number of aliphatic imine (C=N–C) groups is 2. The molecule has 1 aromatic carbocycles. The molecule has 5 rings (SSSR count). The summed E-state index contributed by atoms with van der Waals surface area (Å²) in [7, 11) is 0. The molecule has 0 radical (unpaired) electrons. The first-order valence-corrected chi connectivity index (χ1v) is 10.6. The lowest BCUT2D eigenvalue weighted by Gasteiger charge is -2.46. The van der Waals surface area contributed by atoms with E-state index in [2.05, 4.69) is 38.3 Å². The lowest BCUT2D eigenvalue weighted by Crippen LogP contribution is -2.61. The van der Waals surface area contributed by atoms with Crippen molar-refractivity contribution in [3.05, 3.63) is 76.6 Å². The minimum atomic E-state index is 0.355. The molecule has 1 atom stereocenters. The lowest BCUT2D eigenvalue weighted by molar-refractivity contribution is -0.746. The third-order valence-electron chi connectivity index (χ3n) is 5.54. The van der Waals surface area contributed by atoms with Gasteiger partial charge in [-0.1, -0.05) is 29.3 Å². The van der Waals surface area contributed by atoms with Gasteiger partial charge in [0.1, 0.15) is 22.7 Å². The van der Waals surface area contributed by atoms with Crippen LogP contribution >= 0.6 is 23.2 Å². The van der Waals surface area contributed by atoms with E-state index in [-0.39, 0.29) is 0 Å². The Morgan fingerprint density at radius 2 is 1.93 bits per heavy atom. The summed E-state index contributed by atoms with van der Waals surface area (Å²) in [5, 5.41) is 3.10. The molecule has 3 aliphatic rings. The van der Waals surface area contributed by atoms with Gasteiger partial charge in [-0.25, -0.2) is 15.0 Å². The molecule has 0 bridgehead atoms. The molecular formula is C22H20Cl2N5O+. The Labute approximate surface area is 185 Å². The van der Waals surface area contributed by atoms with Gasteiger partial charge in [-0.2, -0.15) is 0 Å². The fraction of sp³-hybridized carbons (Fsp3) is 0.227. The summed E-state index contributed by atoms with van der Waals surface area (Å²) in [6, 6.07) is 12.1. The number of ether oxygens (including phenoxy) is 1. The van der Waals surface area contributed by atoms with E-state index < -0.39 is 0 Å². The lowest BCUT2D eigenvalue weighted by atomic mass is 9.91. The molecule has 8 heteroatoms. The van der Waals surface area contributed by atoms with E-state index in [1.54, 1.807) is 12.1 Å². The highest BCUT2D eigenvalue weighted by Gasteiger charge is 2.46. The van der Waals surface area contributed by atoms with E-state index in [0.717, 1.165) is 35.5 Å². The van der Waals surface area contributed by atoms with Gasteiger partial charge in [-0.15, -0.1) is 4.59 Å². The minimum absolute atomic E-state index is 0.355. The molecular weight excluding hydrogens is 421 g/mol. The van der Waals surface area contributed by atoms with E-state index >= 15 is 0 Å². The van der Waals surface area contributed by atoms with E-state index in [9.17, 15) is 0 Å². The fourth-order valence-corrected chi connectivity index (χ4v) is 4.42. The molecule has 0 amide bonds. The van der Waals surface area contributed by atoms with Crippen molar-refractivity contribution in [3.63, 3.8) is 0 Å². The molecule has 2 aromatic rings. The first kappa shape index (κ1) is 19.3. The van der Waals surface area contributed by atoms with Crippen molar-refractivity contribution in [3.8, 4) is 5.75 Å². The van der Waals surface area contributed by atoms with Crippen LogP contribution in [0.2, 0.25) is 10.3 Å². The smallest absolute Gasteiger partial charge is 0.225 e. The molecule has 1 aliphatic carbocycles. The topological polar surface area (TPSA) is 50.1 Å². The Hall–Kier alpha value is -2.67. The Morgan fingerprint density at radius 3 is 2.70 bits per heavy atom. The second kappa shape index (κ2) is 7.87. The molecule has 2 aliphatic heterocycles. The first-order valence-electron chi connectivity index (χ1n) is 9.83. The van der Waals surface area contributed by atoms with Crippen molar-refractivity contribution >= 4 is 41.4 Å². The summed E-state index contributed by atoms with van der Waals surface area (Å²) in [4.78, 5) is 12.7. The molecule has 30 heavy (non-hydrogen) atoms. The predicted molar refractivity (Wildman–Crippen MR) is 120 cm³/mol. The van der Waals surface area contributed by atoms with Crippen LogP contribution in [0, 0.1) is 0 Å². The first-order chi connectivity index (χ1) is 14.6. The number of rotatable bonds is 6. The quantitative estimate of drug-likeness (QED) is 0.440. The maximum Gasteiger partial charge on any atom is 0.225 e. The standard InChI is InChI=1S/C22H20Cl2N5O/c23-21-9-16(10-22(24)27-21)14-30-20-6-2-5-18(11-20)28(17-3-1-4-17)29-8-7-25-12-19(29)13-26-15-29/h2,5-13,15,17H,1,3-4,14H2/q+1. The summed E-state index contributed by atoms with van der Waals surface area (Å²) >= 11 is 12.0. The zero-order valence-electron chi connectivity index (χ0n) is 16.2. The van der Waals surface area contributed by atoms with Gasteiger partial charge in [-0.3, -0.25) is 4.99 Å². The number of fused-ring (bicyclic) bond motifs is 1. The number of quaternary nitrogens is 1. The summed E-state index contributed by atoms with van der Waals surface area (Å²) in [5.41, 5.74) is 2.97. The molecule has 1 saturated carbocycles. The molecule has 1 aromatic heterocycles. The predicted octanol–water partition coefficient (Wildman–Crippen LogP) is 5.50. The molecule has 3 heterocycles. The number of anilines is 1. The Bertz CT molecular complexity index is 1070. The number of pyridine rings is 1. The van der Waals surface area contributed by atoms with Crippen molar-refractivity contribution < 1.29 is 9.33 Å². The van der Waals surface area contributed by atoms with Crippen molar-refractivity contribution in [2.75, 3.05) is 5.01 Å². The van der Waals surface area contributed by atoms with Crippen LogP contribution in [-0.2, 0) is 6.61 Å². The number of halogens is 2. The van der Waals surface area contributed by atoms with E-state index in [1.165, 1.54) is 6.42 Å². The number of aromatic nitrogens is 1. The number of allylic oxidation sites excluding steroid dienone is 1. The van der Waals surface area contributed by atoms with Crippen molar-refractivity contribution in [1.82, 2.24) is 4.98 Å². The van der Waals surface area contributed by atoms with Gasteiger partial charge in [0.15, 0.2) is 6.20 Å². The normalized spacial score (nSPS) is 21.9. The third-order valence-corrected chi connectivity index (χ3v) is 5.92. The van der Waals surface area contributed by atoms with Gasteiger partial charge in [0.25, 0.3) is 0 Å². The van der Waals surface area contributed by atoms with Crippen LogP contribution in [0.3, 0.4) is 0 Å². The van der Waals surface area contributed by atoms with Crippen LogP contribution in [0.4, 0.5) is 5.69 Å². The Balaban J connectivity index is 1.44. The van der Waals surface area contributed by atoms with Crippen LogP contribution in [0.15, 0.2) is 70.7 Å². The van der Waals surface area contributed by atoms with Crippen molar-refractivity contribution in [2.24, 2.45) is 9.98 Å². The SMILES string of the molecule is Clc1cc(COc2cccc(N(C3CCC3)[N+]34C=CN=CC3=CN=C4)c2)cc(Cl)n1. The van der Waals surface area contributed by atoms with Crippen molar-refractivity contribution in [1.29, 1.82) is 0 Å². The maximum atomic E-state index is 6.05. The van der Waals surface area contributed by atoms with E-state index in [0.29, 0.717) is 27.5 Å². The highest BCUT2D eigenvalue weighted by Crippen LogP contribution is 2.40. The van der Waals surface area contributed by atoms with Gasteiger partial charge >= 0.3 is 0 Å². The average Bonchev–Trinajstić information content (AvgIpc) is 3.13. The van der Waals surface area contributed by atoms with Gasteiger partial charge < -0.3 is 4.74 Å². The summed E-state index contributed by atoms with van der Waals surface area (Å²) in [6.07, 6.45) is 13.1. The summed E-state index contributed by atoms with van der Waals surface area (Å²) in [6.45, 7) is 0.355. The molecule has 0 spiro atoms. The van der Waals surface area contributed by atoms with Gasteiger partial charge in [-0.05, 0) is 49.1 Å². The maximum absolute atomic E-state index is 6.05. The summed E-state index contributed by atoms with van der Waals surface area (Å²) < 4.78 is 6.47. The van der Waals surface area contributed by atoms with Crippen LogP contribution in [0.25, 0.3) is 0 Å². The third kappa shape index (κ3) is 3.51. The van der Waals surface area contributed by atoms with Crippen LogP contribution in [0.1, 0.15) is 24.8 Å². The zero-order valence-corrected chi connectivity index (χ0v) is 17.7. The fourth-order valence-electron chi connectivity index (χ4n) is 3.92. The Kier molecular flexibility index (Phi) is 5.06. The second-order valence-electron chi connectivity index (χ2n) is 7.47. The van der Waals surface area contributed by atoms with Crippen LogP contribution in [-0.4, -0.2) is 28.2 Å². The van der Waals surface area contributed by atoms with Gasteiger partial charge in [0.2, 0.25) is 12.0 Å². The van der Waals surface area contributed by atoms with Gasteiger partial charge in [0, 0.05) is 6.07 Å². The van der Waals surface area contributed by atoms with E-state index in [4.69, 9.17) is 27.9 Å². The van der Waals surface area contributed by atoms with Crippen LogP contribution in [0.5, 0.6) is 5.75 Å². The Morgan fingerprint density at radius 1 is 1.10 bits per heavy atom. The molecule has 6 nitrogen and oxygen atoms in total. The molecule has 1 fully saturated rings. The highest BCUT2D eigenvalue weighted by molar-refractivity contribution is 6.32. The highest BCUT2D eigenvalue weighted by atomic mass is 35.5. The monoisotopic (exact) mass is 440 g/mol. The number of benzene rings is 1. The minimum Gasteiger partial charge on any atom is -0.489 e. The molecule has 0 saturated heterocycles. The number of hydrogen-bond acceptors (Lipinski definition) is 5.